The summed E-state index contributed by atoms with van der Waals surface area (Å²) < 4.78 is 15.8. The van der Waals surface area contributed by atoms with Gasteiger partial charge in [0, 0.05) is 25.8 Å². The molecule has 0 radical (unpaired) electrons. The molecule has 0 aliphatic heterocycles. The van der Waals surface area contributed by atoms with Crippen molar-refractivity contribution in [3.05, 3.63) is 35.9 Å². The molecule has 1 aromatic rings. The predicted molar refractivity (Wildman–Crippen MR) is 382 cm³/mol. The summed E-state index contributed by atoms with van der Waals surface area (Å²) in [5, 5.41) is 80.3. The summed E-state index contributed by atoms with van der Waals surface area (Å²) in [6.45, 7) is 2.82. The van der Waals surface area contributed by atoms with E-state index in [1.165, 1.54) is 19.1 Å². The fourth-order valence-corrected chi connectivity index (χ4v) is 9.72. The topological polar surface area (TPSA) is 780 Å². The molecule has 11 atom stereocenters. The fraction of sp³-hybridized carbons (Fsp3) is 0.571. The Kier molecular flexibility index (Phi) is 43.6. The smallest absolute Gasteiger partial charge is 0.469 e. The van der Waals surface area contributed by atoms with E-state index in [4.69, 9.17) is 17.2 Å². The van der Waals surface area contributed by atoms with Gasteiger partial charge in [-0.1, -0.05) is 58.0 Å². The molecule has 0 fully saturated rings. The number of amides is 15. The number of aliphatic imine (C=N–C) groups is 1. The third-order valence-electron chi connectivity index (χ3n) is 15.1. The van der Waals surface area contributed by atoms with Crippen LogP contribution in [0.2, 0.25) is 0 Å². The van der Waals surface area contributed by atoms with E-state index in [1.807, 2.05) is 21.3 Å². The van der Waals surface area contributed by atoms with Crippen LogP contribution in [0.5, 0.6) is 0 Å². The zero-order chi connectivity index (χ0) is 85.3. The zero-order valence-electron chi connectivity index (χ0n) is 61.7. The first-order valence-electron chi connectivity index (χ1n) is 34.2. The second kappa shape index (κ2) is 49.9. The molecule has 0 aliphatic carbocycles. The number of aliphatic carboxylic acids is 5. The van der Waals surface area contributed by atoms with Gasteiger partial charge in [-0.3, -0.25) is 101 Å². The van der Waals surface area contributed by atoms with Gasteiger partial charge in [-0.2, -0.15) is 0 Å². The molecule has 1 rings (SSSR count). The van der Waals surface area contributed by atoms with E-state index in [0.29, 0.717) is 5.56 Å². The van der Waals surface area contributed by atoms with Gasteiger partial charge in [0.25, 0.3) is 0 Å². The number of guanidine groups is 1. The van der Waals surface area contributed by atoms with Crippen LogP contribution in [0.4, 0.5) is 0 Å². The first-order chi connectivity index (χ1) is 52.2. The Morgan fingerprint density at radius 1 is 0.429 bits per heavy atom. The number of hydrogen-bond donors (Lipinski definition) is 25. The summed E-state index contributed by atoms with van der Waals surface area (Å²) in [7, 11) is -5.40. The van der Waals surface area contributed by atoms with Crippen molar-refractivity contribution in [2.75, 3.05) is 45.9 Å². The molecule has 15 amide bonds. The molecule has 49 heteroatoms. The van der Waals surface area contributed by atoms with E-state index in [2.05, 4.69) is 68.0 Å². The molecule has 0 heterocycles. The second-order valence-corrected chi connectivity index (χ2v) is 26.8. The predicted octanol–water partition coefficient (Wildman–Crippen LogP) is -10.3. The molecule has 48 nitrogen and oxygen atoms in total. The van der Waals surface area contributed by atoms with Gasteiger partial charge in [0.05, 0.1) is 58.2 Å². The van der Waals surface area contributed by atoms with Crippen molar-refractivity contribution < 1.29 is 140 Å². The summed E-state index contributed by atoms with van der Waals surface area (Å²) in [5.41, 5.74) is 16.4. The average molecular weight is 1620 g/mol. The van der Waals surface area contributed by atoms with E-state index in [0.717, 1.165) is 6.92 Å². The van der Waals surface area contributed by atoms with Gasteiger partial charge in [0.1, 0.15) is 60.4 Å². The minimum Gasteiger partial charge on any atom is -0.481 e. The highest BCUT2D eigenvalue weighted by atomic mass is 31.2. The molecule has 1 aromatic carbocycles. The first kappa shape index (κ1) is 98.0. The van der Waals surface area contributed by atoms with Gasteiger partial charge in [0.2, 0.25) is 88.6 Å². The van der Waals surface area contributed by atoms with Crippen LogP contribution in [0, 0.1) is 11.8 Å². The Bertz CT molecular complexity index is 3610. The Labute approximate surface area is 638 Å². The SMILES string of the molecule is CC(C)C[C@H](NC(=O)[C@@H](Cc1ccccc1)NC(=O)[C@H](CC(=O)O)NC(=O)CNC(=O)[C@H](CCC(=O)O)NC(=O)CNC(=O)[C@H](COP(=O)(O)O)NC(=O)[C@H](CC(=O)O)NC(=O)[C@H](C)N)C(=O)N[C@@H](C)C(=O)N[C@@H](CCC(=O)O)C(=O)NCC(=O)NCC(=O)NCC(=O)N[C@H](C(=O)N[C@@H](CCCN=C(N)N)C(=O)O)C(C)C. The number of nitrogens with one attached hydrogen (secondary N) is 15. The van der Waals surface area contributed by atoms with Crippen molar-refractivity contribution in [3.63, 3.8) is 0 Å². The van der Waals surface area contributed by atoms with E-state index < -0.39 is 282 Å². The number of rotatable bonds is 53. The van der Waals surface area contributed by atoms with Crippen LogP contribution in [-0.4, -0.2) is 272 Å². The molecular formula is C63H98N19O29P. The lowest BCUT2D eigenvalue weighted by atomic mass is 10.0. The molecule has 112 heavy (non-hydrogen) atoms. The number of phosphoric acid groups is 1. The summed E-state index contributed by atoms with van der Waals surface area (Å²) in [5.74, 6) is -25.9. The summed E-state index contributed by atoms with van der Waals surface area (Å²) in [4.78, 5) is 280. The summed E-state index contributed by atoms with van der Waals surface area (Å²) in [6, 6.07) is -10.6. The Morgan fingerprint density at radius 2 is 0.830 bits per heavy atom. The van der Waals surface area contributed by atoms with Crippen LogP contribution in [0.3, 0.4) is 0 Å². The van der Waals surface area contributed by atoms with Crippen molar-refractivity contribution in [3.8, 4) is 0 Å². The third-order valence-corrected chi connectivity index (χ3v) is 15.6. The summed E-state index contributed by atoms with van der Waals surface area (Å²) in [6.07, 6.45) is -5.54. The number of benzene rings is 1. The average Bonchev–Trinajstić information content (AvgIpc) is 0.858. The van der Waals surface area contributed by atoms with Gasteiger partial charge < -0.3 is 132 Å². The lowest BCUT2D eigenvalue weighted by Crippen LogP contribution is -2.59. The summed E-state index contributed by atoms with van der Waals surface area (Å²) >= 11 is 0. The molecule has 0 spiro atoms. The normalized spacial score (nSPS) is 13.9. The van der Waals surface area contributed by atoms with Crippen LogP contribution < -0.4 is 97.0 Å². The number of hydrogen-bond acceptors (Lipinski definition) is 24. The van der Waals surface area contributed by atoms with E-state index in [9.17, 15) is 136 Å². The van der Waals surface area contributed by atoms with E-state index in [1.54, 1.807) is 45.9 Å². The van der Waals surface area contributed by atoms with Crippen molar-refractivity contribution in [1.82, 2.24) is 79.8 Å². The molecule has 0 saturated carbocycles. The number of carboxylic acid groups (broad SMARTS) is 5. The minimum atomic E-state index is -5.40. The van der Waals surface area contributed by atoms with Crippen molar-refractivity contribution in [2.45, 2.75) is 172 Å². The number of carbonyl (C=O) groups is 20. The van der Waals surface area contributed by atoms with Crippen LogP contribution >= 0.6 is 7.82 Å². The maximum Gasteiger partial charge on any atom is 0.469 e. The lowest BCUT2D eigenvalue weighted by molar-refractivity contribution is -0.143. The second-order valence-electron chi connectivity index (χ2n) is 25.6. The van der Waals surface area contributed by atoms with Gasteiger partial charge in [-0.05, 0) is 63.4 Å². The molecule has 0 saturated heterocycles. The van der Waals surface area contributed by atoms with Gasteiger partial charge in [0.15, 0.2) is 5.96 Å². The van der Waals surface area contributed by atoms with Crippen LogP contribution in [0.1, 0.15) is 105 Å². The van der Waals surface area contributed by atoms with Crippen molar-refractivity contribution >= 4 is 132 Å². The highest BCUT2D eigenvalue weighted by Gasteiger charge is 2.36. The number of nitrogens with two attached hydrogens (primary N) is 3. The first-order valence-corrected chi connectivity index (χ1v) is 35.7. The van der Waals surface area contributed by atoms with Crippen molar-refractivity contribution in [2.24, 2.45) is 34.0 Å². The Morgan fingerprint density at radius 3 is 1.29 bits per heavy atom. The van der Waals surface area contributed by atoms with Gasteiger partial charge >= 0.3 is 37.7 Å². The van der Waals surface area contributed by atoms with Crippen LogP contribution in [-0.2, 0) is 111 Å². The standard InChI is InChI=1S/C63H98N19O29P/c1-29(2)19-37(57(101)73-32(6)53(97)76-35(15-17-48(90)91)55(99)70-24-43(84)68-23-42(83)69-25-46(87)82-51(30(3)4)61(105)77-36(62(106)107)13-10-18-67-63(65)66)79-58(102)38(20-33-11-8-7-9-12-33)80-59(103)39(21-49(92)93)75-45(86)27-71-54(98)34(14-16-47(88)89)74-44(85)26-72-56(100)41(28-111-112(108,109)110)81-60(104)40(22-50(94)95)78-52(96)31(5)64/h7-9,11-12,29-32,34-41,51H,10,13-28,64H2,1-6H3,(H,68,84)(H,69,83)(H,70,99)(H,71,98)(H,72,100)(H,73,101)(H,74,85)(H,75,86)(H,76,97)(H,77,105)(H,78,96)(H,79,102)(H,80,103)(H,81,104)(H,82,87)(H,88,89)(H,90,91)(H,92,93)(H,94,95)(H,106,107)(H4,65,66,67)(H2,108,109,110)/t31-,32-,34-,35-,36-,37-,38+,39-,40-,41-,51-/m0/s1. The fourth-order valence-electron chi connectivity index (χ4n) is 9.38. The van der Waals surface area contributed by atoms with Crippen LogP contribution in [0.15, 0.2) is 35.3 Å². The highest BCUT2D eigenvalue weighted by molar-refractivity contribution is 7.46. The quantitative estimate of drug-likeness (QED) is 0.0125. The molecule has 28 N–H and O–H groups in total. The molecule has 0 bridgehead atoms. The highest BCUT2D eigenvalue weighted by Crippen LogP contribution is 2.35. The number of phosphoric ester groups is 1. The Balaban J connectivity index is 3.23. The Hall–Kier alpha value is -12.0. The van der Waals surface area contributed by atoms with Crippen LogP contribution in [0.25, 0.3) is 0 Å². The van der Waals surface area contributed by atoms with Crippen molar-refractivity contribution in [1.29, 1.82) is 0 Å². The number of nitrogens with zero attached hydrogens (tertiary/aromatic N) is 1. The largest absolute Gasteiger partial charge is 0.481 e. The van der Waals surface area contributed by atoms with E-state index >= 15 is 0 Å². The monoisotopic (exact) mass is 1620 g/mol. The maximum absolute atomic E-state index is 14.3. The zero-order valence-corrected chi connectivity index (χ0v) is 62.5. The maximum atomic E-state index is 14.3. The third kappa shape index (κ3) is 42.1. The number of carboxylic acids is 5. The molecular weight excluding hydrogens is 1520 g/mol. The lowest BCUT2D eigenvalue weighted by Gasteiger charge is -2.27. The molecule has 0 aliphatic rings. The van der Waals surface area contributed by atoms with E-state index in [-0.39, 0.29) is 38.2 Å². The molecule has 0 aromatic heterocycles. The molecule has 0 unspecified atom stereocenters. The molecule has 624 valence electrons. The minimum absolute atomic E-state index is 0.0613. The van der Waals surface area contributed by atoms with Gasteiger partial charge in [-0.15, -0.1) is 0 Å². The van der Waals surface area contributed by atoms with Gasteiger partial charge in [-0.25, -0.2) is 9.36 Å². The number of carbonyl (C=O) groups excluding carboxylic acids is 15.